The van der Waals surface area contributed by atoms with Gasteiger partial charge in [0.25, 0.3) is 0 Å². The van der Waals surface area contributed by atoms with Crippen LogP contribution in [-0.2, 0) is 0 Å². The number of benzene rings is 3. The van der Waals surface area contributed by atoms with Gasteiger partial charge in [0.15, 0.2) is 17.3 Å². The lowest BCUT2D eigenvalue weighted by atomic mass is 9.94. The Labute approximate surface area is 152 Å². The SMILES string of the molecule is O=C1C[C@@H](c2ccc(O)cc2)Oc2c1ccc1oc3cc(O)c(O)cc3c21. The highest BCUT2D eigenvalue weighted by Gasteiger charge is 2.31. The lowest BCUT2D eigenvalue weighted by Gasteiger charge is -2.26. The molecule has 1 aromatic heterocycles. The zero-order valence-corrected chi connectivity index (χ0v) is 14.0. The van der Waals surface area contributed by atoms with Gasteiger partial charge in [-0.25, -0.2) is 0 Å². The third-order valence-corrected chi connectivity index (χ3v) is 4.88. The Morgan fingerprint density at radius 3 is 2.41 bits per heavy atom. The summed E-state index contributed by atoms with van der Waals surface area (Å²) < 4.78 is 11.9. The van der Waals surface area contributed by atoms with Crippen molar-refractivity contribution < 1.29 is 29.3 Å². The summed E-state index contributed by atoms with van der Waals surface area (Å²) in [6, 6.07) is 12.6. The fourth-order valence-electron chi connectivity index (χ4n) is 3.54. The minimum absolute atomic E-state index is 0.0615. The van der Waals surface area contributed by atoms with Crippen LogP contribution in [0.5, 0.6) is 23.0 Å². The van der Waals surface area contributed by atoms with Gasteiger partial charge in [0, 0.05) is 11.5 Å². The van der Waals surface area contributed by atoms with Gasteiger partial charge in [-0.1, -0.05) is 12.1 Å². The summed E-state index contributed by atoms with van der Waals surface area (Å²) in [5, 5.41) is 30.2. The standard InChI is InChI=1S/C21H14O6/c22-11-3-1-10(2-4-11)18-8-14(23)12-5-6-17-20(21(12)27-18)13-7-15(24)16(25)9-19(13)26-17/h1-7,9,18,22,24-25H,8H2/t18-/m0/s1. The van der Waals surface area contributed by atoms with E-state index in [1.54, 1.807) is 36.4 Å². The molecule has 0 unspecified atom stereocenters. The lowest BCUT2D eigenvalue weighted by Crippen LogP contribution is -2.20. The highest BCUT2D eigenvalue weighted by molar-refractivity contribution is 6.14. The number of furan rings is 1. The van der Waals surface area contributed by atoms with Crippen molar-refractivity contribution in [3.05, 3.63) is 59.7 Å². The summed E-state index contributed by atoms with van der Waals surface area (Å²) in [5.41, 5.74) is 2.11. The molecule has 0 bridgehead atoms. The number of ketones is 1. The maximum Gasteiger partial charge on any atom is 0.170 e. The molecule has 3 aromatic carbocycles. The number of hydrogen-bond acceptors (Lipinski definition) is 6. The fraction of sp³-hybridized carbons (Fsp3) is 0.0952. The molecule has 0 saturated heterocycles. The van der Waals surface area contributed by atoms with Gasteiger partial charge >= 0.3 is 0 Å². The molecule has 2 heterocycles. The number of ether oxygens (including phenoxy) is 1. The Balaban J connectivity index is 1.73. The fourth-order valence-corrected chi connectivity index (χ4v) is 3.54. The van der Waals surface area contributed by atoms with Gasteiger partial charge in [-0.2, -0.15) is 0 Å². The molecule has 0 aliphatic carbocycles. The van der Waals surface area contributed by atoms with Crippen molar-refractivity contribution in [2.24, 2.45) is 0 Å². The van der Waals surface area contributed by atoms with Crippen molar-refractivity contribution in [2.75, 3.05) is 0 Å². The molecule has 6 heteroatoms. The normalized spacial score (nSPS) is 16.4. The Kier molecular flexibility index (Phi) is 3.12. The molecule has 0 saturated carbocycles. The molecule has 1 aliphatic heterocycles. The van der Waals surface area contributed by atoms with Crippen molar-refractivity contribution in [2.45, 2.75) is 12.5 Å². The first-order valence-corrected chi connectivity index (χ1v) is 8.41. The number of fused-ring (bicyclic) bond motifs is 5. The van der Waals surface area contributed by atoms with Gasteiger partial charge in [0.2, 0.25) is 0 Å². The molecule has 0 spiro atoms. The zero-order chi connectivity index (χ0) is 18.7. The van der Waals surface area contributed by atoms with E-state index in [0.717, 1.165) is 5.56 Å². The van der Waals surface area contributed by atoms with Crippen molar-refractivity contribution >= 4 is 27.7 Å². The van der Waals surface area contributed by atoms with Gasteiger partial charge in [0.1, 0.15) is 28.8 Å². The number of aromatic hydroxyl groups is 3. The summed E-state index contributed by atoms with van der Waals surface area (Å²) in [4.78, 5) is 12.7. The average molecular weight is 362 g/mol. The van der Waals surface area contributed by atoms with Crippen LogP contribution in [-0.4, -0.2) is 21.1 Å². The summed E-state index contributed by atoms with van der Waals surface area (Å²) in [5.74, 6) is -0.0894. The second kappa shape index (κ2) is 5.41. The van der Waals surface area contributed by atoms with Crippen LogP contribution in [0.3, 0.4) is 0 Å². The number of hydrogen-bond donors (Lipinski definition) is 3. The van der Waals surface area contributed by atoms with E-state index < -0.39 is 6.10 Å². The van der Waals surface area contributed by atoms with Crippen LogP contribution in [0.1, 0.15) is 28.4 Å². The number of carbonyl (C=O) groups excluding carboxylic acids is 1. The summed E-state index contributed by atoms with van der Waals surface area (Å²) >= 11 is 0. The number of Topliss-reactive ketones (excluding diaryl/α,β-unsaturated/α-hetero) is 1. The predicted molar refractivity (Wildman–Crippen MR) is 97.5 cm³/mol. The van der Waals surface area contributed by atoms with E-state index in [2.05, 4.69) is 0 Å². The van der Waals surface area contributed by atoms with E-state index in [-0.39, 0.29) is 29.5 Å². The molecule has 0 amide bonds. The van der Waals surface area contributed by atoms with E-state index in [4.69, 9.17) is 9.15 Å². The Morgan fingerprint density at radius 1 is 0.889 bits per heavy atom. The number of rotatable bonds is 1. The molecule has 4 aromatic rings. The predicted octanol–water partition coefficient (Wildman–Crippen LogP) is 4.41. The first kappa shape index (κ1) is 15.6. The van der Waals surface area contributed by atoms with E-state index >= 15 is 0 Å². The first-order chi connectivity index (χ1) is 13.0. The molecular weight excluding hydrogens is 348 g/mol. The van der Waals surface area contributed by atoms with Crippen LogP contribution in [0.15, 0.2) is 52.9 Å². The van der Waals surface area contributed by atoms with Crippen molar-refractivity contribution in [1.82, 2.24) is 0 Å². The maximum absolute atomic E-state index is 12.7. The summed E-state index contributed by atoms with van der Waals surface area (Å²) in [6.07, 6.45) is -0.308. The largest absolute Gasteiger partial charge is 0.508 e. The van der Waals surface area contributed by atoms with Crippen molar-refractivity contribution in [3.63, 3.8) is 0 Å². The smallest absolute Gasteiger partial charge is 0.170 e. The van der Waals surface area contributed by atoms with Gasteiger partial charge < -0.3 is 24.5 Å². The Bertz CT molecular complexity index is 1220. The summed E-state index contributed by atoms with van der Waals surface area (Å²) in [7, 11) is 0. The lowest BCUT2D eigenvalue weighted by molar-refractivity contribution is 0.0853. The molecule has 1 aliphatic rings. The summed E-state index contributed by atoms with van der Waals surface area (Å²) in [6.45, 7) is 0. The van der Waals surface area contributed by atoms with E-state index in [1.807, 2.05) is 0 Å². The number of phenols is 3. The second-order valence-electron chi connectivity index (χ2n) is 6.58. The molecule has 3 N–H and O–H groups in total. The quantitative estimate of drug-likeness (QED) is 0.434. The van der Waals surface area contributed by atoms with Gasteiger partial charge in [-0.05, 0) is 35.9 Å². The molecule has 27 heavy (non-hydrogen) atoms. The average Bonchev–Trinajstić information content (AvgIpc) is 3.00. The van der Waals surface area contributed by atoms with Gasteiger partial charge in [0.05, 0.1) is 17.4 Å². The highest BCUT2D eigenvalue weighted by Crippen LogP contribution is 2.45. The molecular formula is C21H14O6. The van der Waals surface area contributed by atoms with Crippen molar-refractivity contribution in [1.29, 1.82) is 0 Å². The zero-order valence-electron chi connectivity index (χ0n) is 14.0. The van der Waals surface area contributed by atoms with Gasteiger partial charge in [-0.15, -0.1) is 0 Å². The van der Waals surface area contributed by atoms with E-state index in [9.17, 15) is 20.1 Å². The van der Waals surface area contributed by atoms with Gasteiger partial charge in [-0.3, -0.25) is 4.79 Å². The van der Waals surface area contributed by atoms with Crippen LogP contribution in [0, 0.1) is 0 Å². The minimum Gasteiger partial charge on any atom is -0.508 e. The monoisotopic (exact) mass is 362 g/mol. The van der Waals surface area contributed by atoms with Crippen LogP contribution < -0.4 is 4.74 Å². The number of carbonyl (C=O) groups is 1. The molecule has 5 rings (SSSR count). The van der Waals surface area contributed by atoms with Crippen LogP contribution in [0.4, 0.5) is 0 Å². The topological polar surface area (TPSA) is 100 Å². The highest BCUT2D eigenvalue weighted by atomic mass is 16.5. The second-order valence-corrected chi connectivity index (χ2v) is 6.58. The first-order valence-electron chi connectivity index (χ1n) is 8.41. The minimum atomic E-state index is -0.494. The Hall–Kier alpha value is -3.67. The molecule has 0 radical (unpaired) electrons. The van der Waals surface area contributed by atoms with E-state index in [0.29, 0.717) is 33.3 Å². The molecule has 0 fully saturated rings. The third kappa shape index (κ3) is 2.30. The third-order valence-electron chi connectivity index (χ3n) is 4.88. The number of phenolic OH excluding ortho intramolecular Hbond substituents is 3. The van der Waals surface area contributed by atoms with Crippen LogP contribution in [0.2, 0.25) is 0 Å². The molecule has 1 atom stereocenters. The van der Waals surface area contributed by atoms with Crippen LogP contribution in [0.25, 0.3) is 21.9 Å². The molecule has 134 valence electrons. The van der Waals surface area contributed by atoms with Crippen LogP contribution >= 0.6 is 0 Å². The maximum atomic E-state index is 12.7. The Morgan fingerprint density at radius 2 is 1.63 bits per heavy atom. The van der Waals surface area contributed by atoms with E-state index in [1.165, 1.54) is 12.1 Å². The van der Waals surface area contributed by atoms with Crippen molar-refractivity contribution in [3.8, 4) is 23.0 Å². The molecule has 6 nitrogen and oxygen atoms in total.